The Bertz CT molecular complexity index is 386. The molecule has 0 aliphatic carbocycles. The van der Waals surface area contributed by atoms with Crippen LogP contribution in [0.4, 0.5) is 0 Å². The van der Waals surface area contributed by atoms with Crippen LogP contribution in [-0.4, -0.2) is 24.0 Å². The second-order valence-corrected chi connectivity index (χ2v) is 6.18. The Kier molecular flexibility index (Phi) is 4.41. The van der Waals surface area contributed by atoms with Crippen molar-refractivity contribution in [1.82, 2.24) is 4.90 Å². The first kappa shape index (κ1) is 13.6. The van der Waals surface area contributed by atoms with Crippen LogP contribution in [0.1, 0.15) is 31.4 Å². The van der Waals surface area contributed by atoms with Gasteiger partial charge in [-0.1, -0.05) is 43.7 Å². The van der Waals surface area contributed by atoms with Crippen molar-refractivity contribution >= 4 is 0 Å². The Balaban J connectivity index is 2.00. The van der Waals surface area contributed by atoms with E-state index in [4.69, 9.17) is 5.73 Å². The smallest absolute Gasteiger partial charge is 0.0234 e. The van der Waals surface area contributed by atoms with Crippen molar-refractivity contribution < 1.29 is 0 Å². The van der Waals surface area contributed by atoms with Gasteiger partial charge in [0.2, 0.25) is 0 Å². The van der Waals surface area contributed by atoms with Crippen molar-refractivity contribution in [3.63, 3.8) is 0 Å². The summed E-state index contributed by atoms with van der Waals surface area (Å²) in [5.74, 6) is 1.48. The number of nitrogens with zero attached hydrogens (tertiary/aromatic N) is 1. The minimum Gasteiger partial charge on any atom is -0.327 e. The van der Waals surface area contributed by atoms with Crippen LogP contribution in [0, 0.1) is 18.8 Å². The molecule has 1 aromatic rings. The SMILES string of the molecule is Cc1cccc(CN2CC(N)CC(C(C)C)C2)c1. The summed E-state index contributed by atoms with van der Waals surface area (Å²) in [5, 5.41) is 0. The third kappa shape index (κ3) is 3.56. The monoisotopic (exact) mass is 246 g/mol. The molecule has 0 saturated carbocycles. The summed E-state index contributed by atoms with van der Waals surface area (Å²) < 4.78 is 0. The number of nitrogens with two attached hydrogens (primary N) is 1. The van der Waals surface area contributed by atoms with Gasteiger partial charge in [-0.25, -0.2) is 0 Å². The largest absolute Gasteiger partial charge is 0.327 e. The van der Waals surface area contributed by atoms with Gasteiger partial charge in [-0.3, -0.25) is 4.90 Å². The molecule has 0 radical (unpaired) electrons. The summed E-state index contributed by atoms with van der Waals surface area (Å²) >= 11 is 0. The predicted octanol–water partition coefficient (Wildman–Crippen LogP) is 2.80. The molecule has 0 bridgehead atoms. The highest BCUT2D eigenvalue weighted by Gasteiger charge is 2.26. The maximum Gasteiger partial charge on any atom is 0.0234 e. The molecule has 0 amide bonds. The number of benzene rings is 1. The van der Waals surface area contributed by atoms with E-state index in [1.54, 1.807) is 0 Å². The lowest BCUT2D eigenvalue weighted by Gasteiger charge is -2.38. The Morgan fingerprint density at radius 2 is 2.11 bits per heavy atom. The Labute approximate surface area is 111 Å². The molecular weight excluding hydrogens is 220 g/mol. The van der Waals surface area contributed by atoms with Gasteiger partial charge in [0, 0.05) is 25.7 Å². The number of rotatable bonds is 3. The van der Waals surface area contributed by atoms with E-state index < -0.39 is 0 Å². The van der Waals surface area contributed by atoms with E-state index in [0.717, 1.165) is 24.9 Å². The number of likely N-dealkylation sites (tertiary alicyclic amines) is 1. The van der Waals surface area contributed by atoms with E-state index in [9.17, 15) is 0 Å². The predicted molar refractivity (Wildman–Crippen MR) is 77.4 cm³/mol. The molecular formula is C16H26N2. The Morgan fingerprint density at radius 1 is 1.33 bits per heavy atom. The van der Waals surface area contributed by atoms with Crippen LogP contribution in [0.5, 0.6) is 0 Å². The number of hydrogen-bond acceptors (Lipinski definition) is 2. The number of piperidine rings is 1. The summed E-state index contributed by atoms with van der Waals surface area (Å²) in [7, 11) is 0. The third-order valence-corrected chi connectivity index (χ3v) is 4.02. The van der Waals surface area contributed by atoms with Gasteiger partial charge in [-0.2, -0.15) is 0 Å². The summed E-state index contributed by atoms with van der Waals surface area (Å²) in [6, 6.07) is 9.15. The summed E-state index contributed by atoms with van der Waals surface area (Å²) in [4.78, 5) is 2.52. The second kappa shape index (κ2) is 5.85. The summed E-state index contributed by atoms with van der Waals surface area (Å²) in [6.45, 7) is 10.1. The van der Waals surface area contributed by atoms with E-state index in [2.05, 4.69) is 49.9 Å². The summed E-state index contributed by atoms with van der Waals surface area (Å²) in [5.41, 5.74) is 8.95. The first-order chi connectivity index (χ1) is 8.54. The minimum atomic E-state index is 0.343. The van der Waals surface area contributed by atoms with Gasteiger partial charge in [0.1, 0.15) is 0 Å². The number of hydrogen-bond donors (Lipinski definition) is 1. The molecule has 100 valence electrons. The molecule has 1 fully saturated rings. The number of aryl methyl sites for hydroxylation is 1. The van der Waals surface area contributed by atoms with E-state index in [1.807, 2.05) is 0 Å². The van der Waals surface area contributed by atoms with Gasteiger partial charge in [-0.05, 0) is 30.7 Å². The van der Waals surface area contributed by atoms with Gasteiger partial charge in [0.25, 0.3) is 0 Å². The van der Waals surface area contributed by atoms with E-state index in [1.165, 1.54) is 24.1 Å². The molecule has 18 heavy (non-hydrogen) atoms. The zero-order chi connectivity index (χ0) is 13.1. The zero-order valence-corrected chi connectivity index (χ0v) is 11.9. The van der Waals surface area contributed by atoms with E-state index in [0.29, 0.717) is 6.04 Å². The highest BCUT2D eigenvalue weighted by molar-refractivity contribution is 5.22. The topological polar surface area (TPSA) is 29.3 Å². The Hall–Kier alpha value is -0.860. The molecule has 2 rings (SSSR count). The molecule has 1 aliphatic heterocycles. The zero-order valence-electron chi connectivity index (χ0n) is 11.9. The van der Waals surface area contributed by atoms with E-state index >= 15 is 0 Å². The lowest BCUT2D eigenvalue weighted by atomic mass is 9.85. The standard InChI is InChI=1S/C16H26N2/c1-12(2)15-8-16(17)11-18(10-15)9-14-6-4-5-13(3)7-14/h4-7,12,15-16H,8-11,17H2,1-3H3. The second-order valence-electron chi connectivity index (χ2n) is 6.18. The van der Waals surface area contributed by atoms with E-state index in [-0.39, 0.29) is 0 Å². The molecule has 0 aromatic heterocycles. The van der Waals surface area contributed by atoms with Crippen LogP contribution in [0.2, 0.25) is 0 Å². The Morgan fingerprint density at radius 3 is 2.78 bits per heavy atom. The van der Waals surface area contributed by atoms with Crippen molar-refractivity contribution in [2.45, 2.75) is 39.8 Å². The van der Waals surface area contributed by atoms with Crippen molar-refractivity contribution in [2.75, 3.05) is 13.1 Å². The average Bonchev–Trinajstić information content (AvgIpc) is 2.28. The fraction of sp³-hybridized carbons (Fsp3) is 0.625. The molecule has 2 N–H and O–H groups in total. The van der Waals surface area contributed by atoms with Crippen LogP contribution in [0.3, 0.4) is 0 Å². The van der Waals surface area contributed by atoms with Crippen LogP contribution in [-0.2, 0) is 6.54 Å². The molecule has 2 nitrogen and oxygen atoms in total. The highest BCUT2D eigenvalue weighted by atomic mass is 15.1. The molecule has 0 spiro atoms. The first-order valence-electron chi connectivity index (χ1n) is 7.08. The first-order valence-corrected chi connectivity index (χ1v) is 7.08. The van der Waals surface area contributed by atoms with Crippen LogP contribution in [0.15, 0.2) is 24.3 Å². The molecule has 1 heterocycles. The van der Waals surface area contributed by atoms with Crippen LogP contribution < -0.4 is 5.73 Å². The normalized spacial score (nSPS) is 25.6. The minimum absolute atomic E-state index is 0.343. The van der Waals surface area contributed by atoms with Crippen molar-refractivity contribution in [1.29, 1.82) is 0 Å². The summed E-state index contributed by atoms with van der Waals surface area (Å²) in [6.07, 6.45) is 1.18. The van der Waals surface area contributed by atoms with Crippen molar-refractivity contribution in [2.24, 2.45) is 17.6 Å². The van der Waals surface area contributed by atoms with Gasteiger partial charge < -0.3 is 5.73 Å². The lowest BCUT2D eigenvalue weighted by molar-refractivity contribution is 0.123. The molecule has 2 atom stereocenters. The van der Waals surface area contributed by atoms with Gasteiger partial charge in [-0.15, -0.1) is 0 Å². The van der Waals surface area contributed by atoms with Gasteiger partial charge in [0.15, 0.2) is 0 Å². The molecule has 1 aliphatic rings. The van der Waals surface area contributed by atoms with Crippen molar-refractivity contribution in [3.8, 4) is 0 Å². The molecule has 1 aromatic carbocycles. The van der Waals surface area contributed by atoms with Crippen molar-refractivity contribution in [3.05, 3.63) is 35.4 Å². The van der Waals surface area contributed by atoms with Gasteiger partial charge >= 0.3 is 0 Å². The quantitative estimate of drug-likeness (QED) is 0.888. The molecule has 1 saturated heterocycles. The van der Waals surface area contributed by atoms with Gasteiger partial charge in [0.05, 0.1) is 0 Å². The lowest BCUT2D eigenvalue weighted by Crippen LogP contribution is -2.47. The molecule has 2 heteroatoms. The highest BCUT2D eigenvalue weighted by Crippen LogP contribution is 2.24. The molecule has 2 unspecified atom stereocenters. The maximum absolute atomic E-state index is 6.20. The average molecular weight is 246 g/mol. The van der Waals surface area contributed by atoms with Crippen LogP contribution in [0.25, 0.3) is 0 Å². The maximum atomic E-state index is 6.20. The third-order valence-electron chi connectivity index (χ3n) is 4.02. The van der Waals surface area contributed by atoms with Crippen LogP contribution >= 0.6 is 0 Å². The fourth-order valence-corrected chi connectivity index (χ4v) is 2.96. The fourth-order valence-electron chi connectivity index (χ4n) is 2.96.